The maximum Gasteiger partial charge on any atom is 0.380 e. The van der Waals surface area contributed by atoms with Gasteiger partial charge >= 0.3 is 12.0 Å². The normalized spacial score (nSPS) is 10.4. The number of nitrogens with zero attached hydrogens (tertiary/aromatic N) is 2. The number of para-hydroxylation sites is 1. The van der Waals surface area contributed by atoms with Crippen LogP contribution in [0.5, 0.6) is 0 Å². The number of hydrogen-bond donors (Lipinski definition) is 2. The van der Waals surface area contributed by atoms with E-state index in [2.05, 4.69) is 10.4 Å². The summed E-state index contributed by atoms with van der Waals surface area (Å²) < 4.78 is 11.4. The molecule has 0 atom stereocenters. The van der Waals surface area contributed by atoms with Gasteiger partial charge in [0.15, 0.2) is 6.61 Å². The molecule has 0 saturated heterocycles. The van der Waals surface area contributed by atoms with Crippen molar-refractivity contribution in [3.63, 3.8) is 0 Å². The van der Waals surface area contributed by atoms with Gasteiger partial charge in [0.05, 0.1) is 35.4 Å². The molecule has 0 bridgehead atoms. The van der Waals surface area contributed by atoms with Crippen molar-refractivity contribution in [2.45, 2.75) is 20.4 Å². The number of carbonyl (C=O) groups is 4. The largest absolute Gasteiger partial charge is 0.467 e. The first kappa shape index (κ1) is 21.5. The molecule has 0 spiro atoms. The number of furan rings is 1. The third-order valence-corrected chi connectivity index (χ3v) is 4.30. The highest BCUT2D eigenvalue weighted by atomic mass is 16.5. The van der Waals surface area contributed by atoms with Gasteiger partial charge in [0.25, 0.3) is 11.7 Å². The van der Waals surface area contributed by atoms with E-state index in [1.165, 1.54) is 6.26 Å². The minimum absolute atomic E-state index is 0.0777. The standard InChI is InChI=1S/C21H20N4O6/c1-13-18(14(2)25(24-13)15-7-4-3-5-8-15)19(27)20(28)31-12-17(26)23-21(29)22-11-16-9-6-10-30-16/h3-10H,11-12H2,1-2H3,(H2,22,23,26,29). The van der Waals surface area contributed by atoms with E-state index in [1.54, 1.807) is 30.7 Å². The summed E-state index contributed by atoms with van der Waals surface area (Å²) in [6.07, 6.45) is 1.45. The van der Waals surface area contributed by atoms with Crippen LogP contribution in [0, 0.1) is 13.8 Å². The van der Waals surface area contributed by atoms with E-state index in [0.29, 0.717) is 17.1 Å². The lowest BCUT2D eigenvalue weighted by atomic mass is 10.1. The summed E-state index contributed by atoms with van der Waals surface area (Å²) >= 11 is 0. The number of imide groups is 1. The van der Waals surface area contributed by atoms with Crippen LogP contribution >= 0.6 is 0 Å². The predicted octanol–water partition coefficient (Wildman–Crippen LogP) is 1.83. The molecule has 0 aliphatic rings. The van der Waals surface area contributed by atoms with E-state index in [4.69, 9.17) is 9.15 Å². The van der Waals surface area contributed by atoms with Gasteiger partial charge in [0.2, 0.25) is 0 Å². The fraction of sp³-hybridized carbons (Fsp3) is 0.190. The molecular formula is C21H20N4O6. The minimum atomic E-state index is -1.22. The molecule has 2 heterocycles. The Morgan fingerprint density at radius 1 is 1.06 bits per heavy atom. The van der Waals surface area contributed by atoms with Crippen molar-refractivity contribution < 1.29 is 28.3 Å². The molecule has 3 aromatic rings. The molecule has 10 heteroatoms. The molecule has 2 N–H and O–H groups in total. The Morgan fingerprint density at radius 2 is 1.81 bits per heavy atom. The van der Waals surface area contributed by atoms with Crippen LogP contribution in [-0.4, -0.2) is 40.1 Å². The first-order chi connectivity index (χ1) is 14.9. The smallest absolute Gasteiger partial charge is 0.380 e. The number of esters is 1. The molecule has 0 unspecified atom stereocenters. The van der Waals surface area contributed by atoms with Crippen LogP contribution in [0.15, 0.2) is 53.1 Å². The number of rotatable bonds is 7. The number of ketones is 1. The van der Waals surface area contributed by atoms with Crippen molar-refractivity contribution in [1.29, 1.82) is 0 Å². The fourth-order valence-corrected chi connectivity index (χ4v) is 2.88. The lowest BCUT2D eigenvalue weighted by molar-refractivity contribution is -0.143. The van der Waals surface area contributed by atoms with Crippen LogP contribution in [0.4, 0.5) is 4.79 Å². The van der Waals surface area contributed by atoms with Crippen LogP contribution in [0.1, 0.15) is 27.5 Å². The monoisotopic (exact) mass is 424 g/mol. The summed E-state index contributed by atoms with van der Waals surface area (Å²) in [6, 6.07) is 11.6. The number of ether oxygens (including phenoxy) is 1. The first-order valence-electron chi connectivity index (χ1n) is 9.30. The Balaban J connectivity index is 1.55. The third kappa shape index (κ3) is 5.24. The van der Waals surface area contributed by atoms with Crippen molar-refractivity contribution in [2.75, 3.05) is 6.61 Å². The van der Waals surface area contributed by atoms with E-state index in [1.807, 2.05) is 35.6 Å². The van der Waals surface area contributed by atoms with Crippen molar-refractivity contribution in [2.24, 2.45) is 0 Å². The molecule has 0 radical (unpaired) electrons. The number of aryl methyl sites for hydroxylation is 1. The molecule has 31 heavy (non-hydrogen) atoms. The second-order valence-corrected chi connectivity index (χ2v) is 6.51. The molecular weight excluding hydrogens is 404 g/mol. The van der Waals surface area contributed by atoms with E-state index in [0.717, 1.165) is 5.69 Å². The zero-order chi connectivity index (χ0) is 22.4. The average molecular weight is 424 g/mol. The maximum atomic E-state index is 12.6. The molecule has 3 amide bonds. The highest BCUT2D eigenvalue weighted by Crippen LogP contribution is 2.18. The first-order valence-corrected chi connectivity index (χ1v) is 9.30. The zero-order valence-corrected chi connectivity index (χ0v) is 16.9. The number of hydrogen-bond acceptors (Lipinski definition) is 7. The van der Waals surface area contributed by atoms with E-state index in [-0.39, 0.29) is 12.1 Å². The molecule has 0 fully saturated rings. The van der Waals surface area contributed by atoms with Crippen LogP contribution in [-0.2, 0) is 20.9 Å². The summed E-state index contributed by atoms with van der Waals surface area (Å²) in [5.74, 6) is -2.52. The van der Waals surface area contributed by atoms with Crippen molar-refractivity contribution >= 4 is 23.7 Å². The quantitative estimate of drug-likeness (QED) is 0.336. The van der Waals surface area contributed by atoms with Crippen molar-refractivity contribution in [1.82, 2.24) is 20.4 Å². The number of urea groups is 1. The van der Waals surface area contributed by atoms with E-state index in [9.17, 15) is 19.2 Å². The molecule has 160 valence electrons. The Kier molecular flexibility index (Phi) is 6.61. The summed E-state index contributed by atoms with van der Waals surface area (Å²) in [6.45, 7) is 2.55. The third-order valence-electron chi connectivity index (χ3n) is 4.30. The van der Waals surface area contributed by atoms with E-state index >= 15 is 0 Å². The number of benzene rings is 1. The topological polar surface area (TPSA) is 133 Å². The summed E-state index contributed by atoms with van der Waals surface area (Å²) in [5, 5.41) is 8.70. The lowest BCUT2D eigenvalue weighted by Gasteiger charge is -2.07. The van der Waals surface area contributed by atoms with Crippen LogP contribution in [0.2, 0.25) is 0 Å². The van der Waals surface area contributed by atoms with Gasteiger partial charge in [-0.3, -0.25) is 14.9 Å². The molecule has 1 aromatic carbocycles. The van der Waals surface area contributed by atoms with Gasteiger partial charge in [-0.05, 0) is 38.1 Å². The van der Waals surface area contributed by atoms with Gasteiger partial charge in [-0.1, -0.05) is 18.2 Å². The summed E-state index contributed by atoms with van der Waals surface area (Å²) in [4.78, 5) is 48.2. The second-order valence-electron chi connectivity index (χ2n) is 6.51. The van der Waals surface area contributed by atoms with Crippen molar-refractivity contribution in [3.8, 4) is 5.69 Å². The Labute approximate surface area is 177 Å². The number of nitrogens with one attached hydrogen (secondary N) is 2. The molecule has 0 aliphatic heterocycles. The van der Waals surface area contributed by atoms with Gasteiger partial charge in [-0.25, -0.2) is 14.3 Å². The number of carbonyl (C=O) groups excluding carboxylic acids is 4. The van der Waals surface area contributed by atoms with Gasteiger partial charge in [-0.15, -0.1) is 0 Å². The lowest BCUT2D eigenvalue weighted by Crippen LogP contribution is -2.41. The van der Waals surface area contributed by atoms with Crippen LogP contribution in [0.3, 0.4) is 0 Å². The maximum absolute atomic E-state index is 12.6. The molecule has 0 saturated carbocycles. The Morgan fingerprint density at radius 3 is 2.48 bits per heavy atom. The minimum Gasteiger partial charge on any atom is -0.467 e. The summed E-state index contributed by atoms with van der Waals surface area (Å²) in [7, 11) is 0. The zero-order valence-electron chi connectivity index (χ0n) is 16.9. The van der Waals surface area contributed by atoms with Crippen molar-refractivity contribution in [3.05, 3.63) is 71.4 Å². The molecule has 0 aliphatic carbocycles. The van der Waals surface area contributed by atoms with Gasteiger partial charge in [-0.2, -0.15) is 5.10 Å². The highest BCUT2D eigenvalue weighted by molar-refractivity contribution is 6.41. The molecule has 3 rings (SSSR count). The Hall–Kier alpha value is -4.21. The highest BCUT2D eigenvalue weighted by Gasteiger charge is 2.27. The Bertz CT molecular complexity index is 1100. The van der Waals surface area contributed by atoms with Gasteiger partial charge in [0.1, 0.15) is 5.76 Å². The molecule has 10 nitrogen and oxygen atoms in total. The number of aromatic nitrogens is 2. The second kappa shape index (κ2) is 9.53. The van der Waals surface area contributed by atoms with Crippen LogP contribution in [0.25, 0.3) is 5.69 Å². The van der Waals surface area contributed by atoms with E-state index < -0.39 is 30.3 Å². The van der Waals surface area contributed by atoms with Gasteiger partial charge in [0, 0.05) is 0 Å². The summed E-state index contributed by atoms with van der Waals surface area (Å²) in [5.41, 5.74) is 1.65. The predicted molar refractivity (Wildman–Crippen MR) is 107 cm³/mol. The number of Topliss-reactive ketones (excluding diaryl/α,β-unsaturated/α-hetero) is 1. The average Bonchev–Trinajstić information content (AvgIpc) is 3.38. The van der Waals surface area contributed by atoms with Crippen LogP contribution < -0.4 is 10.6 Å². The SMILES string of the molecule is Cc1nn(-c2ccccc2)c(C)c1C(=O)C(=O)OCC(=O)NC(=O)NCc1ccco1. The van der Waals surface area contributed by atoms with Gasteiger partial charge < -0.3 is 14.5 Å². The molecule has 2 aromatic heterocycles. The fourth-order valence-electron chi connectivity index (χ4n) is 2.88. The number of amides is 3.